The minimum absolute atomic E-state index is 0.536. The molecule has 1 fully saturated rings. The zero-order chi connectivity index (χ0) is 11.5. The fraction of sp³-hybridized carbons (Fsp3) is 0.500. The molecule has 0 aliphatic carbocycles. The van der Waals surface area contributed by atoms with Crippen LogP contribution < -0.4 is 15.0 Å². The van der Waals surface area contributed by atoms with Crippen molar-refractivity contribution in [1.29, 1.82) is 0 Å². The van der Waals surface area contributed by atoms with Gasteiger partial charge in [0, 0.05) is 31.4 Å². The van der Waals surface area contributed by atoms with Crippen LogP contribution in [0.1, 0.15) is 6.92 Å². The van der Waals surface area contributed by atoms with Crippen LogP contribution in [0.2, 0.25) is 0 Å². The fourth-order valence-electron chi connectivity index (χ4n) is 2.06. The van der Waals surface area contributed by atoms with E-state index in [1.54, 1.807) is 7.11 Å². The molecule has 0 radical (unpaired) electrons. The second-order valence-electron chi connectivity index (χ2n) is 4.07. The van der Waals surface area contributed by atoms with Crippen LogP contribution in [0.3, 0.4) is 0 Å². The number of piperazine rings is 1. The molecule has 1 aromatic rings. The Morgan fingerprint density at radius 3 is 2.94 bits per heavy atom. The van der Waals surface area contributed by atoms with E-state index in [0.29, 0.717) is 6.04 Å². The van der Waals surface area contributed by atoms with Crippen molar-refractivity contribution in [2.45, 2.75) is 13.0 Å². The maximum Gasteiger partial charge on any atom is 0.133 e. The van der Waals surface area contributed by atoms with Crippen LogP contribution in [-0.4, -0.2) is 32.8 Å². The van der Waals surface area contributed by atoms with Gasteiger partial charge in [0.1, 0.15) is 5.75 Å². The highest BCUT2D eigenvalue weighted by Gasteiger charge is 2.18. The third-order valence-corrected chi connectivity index (χ3v) is 3.59. The van der Waals surface area contributed by atoms with Crippen LogP contribution in [0.4, 0.5) is 5.69 Å². The predicted molar refractivity (Wildman–Crippen MR) is 70.4 cm³/mol. The normalized spacial score (nSPS) is 20.9. The summed E-state index contributed by atoms with van der Waals surface area (Å²) in [5.74, 6) is 0.881. The summed E-state index contributed by atoms with van der Waals surface area (Å²) in [7, 11) is 1.69. The van der Waals surface area contributed by atoms with E-state index >= 15 is 0 Å². The first kappa shape index (κ1) is 11.7. The van der Waals surface area contributed by atoms with Crippen molar-refractivity contribution in [2.24, 2.45) is 0 Å². The number of ether oxygens (including phenoxy) is 1. The molecule has 1 N–H and O–H groups in total. The maximum absolute atomic E-state index is 5.24. The second kappa shape index (κ2) is 5.06. The lowest BCUT2D eigenvalue weighted by Gasteiger charge is -2.36. The Morgan fingerprint density at radius 1 is 1.50 bits per heavy atom. The molecule has 1 aliphatic rings. The molecule has 16 heavy (non-hydrogen) atoms. The average molecular weight is 285 g/mol. The van der Waals surface area contributed by atoms with Crippen molar-refractivity contribution in [2.75, 3.05) is 31.6 Å². The zero-order valence-corrected chi connectivity index (χ0v) is 11.3. The summed E-state index contributed by atoms with van der Waals surface area (Å²) in [5.41, 5.74) is 1.25. The fourth-order valence-corrected chi connectivity index (χ4v) is 2.59. The van der Waals surface area contributed by atoms with E-state index in [1.165, 1.54) is 5.69 Å². The van der Waals surface area contributed by atoms with Crippen molar-refractivity contribution in [3.05, 3.63) is 22.7 Å². The number of rotatable bonds is 2. The van der Waals surface area contributed by atoms with Crippen molar-refractivity contribution in [1.82, 2.24) is 5.32 Å². The minimum Gasteiger partial charge on any atom is -0.496 e. The van der Waals surface area contributed by atoms with Gasteiger partial charge in [-0.3, -0.25) is 0 Å². The average Bonchev–Trinajstić information content (AvgIpc) is 2.29. The largest absolute Gasteiger partial charge is 0.496 e. The molecule has 1 atom stereocenters. The van der Waals surface area contributed by atoms with Crippen LogP contribution in [0.15, 0.2) is 22.7 Å². The van der Waals surface area contributed by atoms with Gasteiger partial charge in [0.2, 0.25) is 0 Å². The number of hydrogen-bond donors (Lipinski definition) is 1. The van der Waals surface area contributed by atoms with Crippen molar-refractivity contribution in [3.63, 3.8) is 0 Å². The van der Waals surface area contributed by atoms with Crippen LogP contribution in [0.5, 0.6) is 5.75 Å². The number of methoxy groups -OCH3 is 1. The zero-order valence-electron chi connectivity index (χ0n) is 9.66. The van der Waals surface area contributed by atoms with E-state index in [1.807, 2.05) is 6.07 Å². The molecular formula is C12H17BrN2O. The van der Waals surface area contributed by atoms with Crippen LogP contribution in [0.25, 0.3) is 0 Å². The van der Waals surface area contributed by atoms with Gasteiger partial charge in [-0.05, 0) is 41.1 Å². The Balaban J connectivity index is 2.22. The summed E-state index contributed by atoms with van der Waals surface area (Å²) in [6, 6.07) is 6.79. The van der Waals surface area contributed by atoms with Gasteiger partial charge in [-0.1, -0.05) is 0 Å². The number of halogens is 1. The number of anilines is 1. The van der Waals surface area contributed by atoms with E-state index in [0.717, 1.165) is 29.9 Å². The lowest BCUT2D eigenvalue weighted by Crippen LogP contribution is -2.49. The highest BCUT2D eigenvalue weighted by molar-refractivity contribution is 9.10. The van der Waals surface area contributed by atoms with Crippen molar-refractivity contribution >= 4 is 21.6 Å². The van der Waals surface area contributed by atoms with Crippen LogP contribution >= 0.6 is 15.9 Å². The molecule has 1 aromatic carbocycles. The molecule has 1 unspecified atom stereocenters. The van der Waals surface area contributed by atoms with E-state index < -0.39 is 0 Å². The quantitative estimate of drug-likeness (QED) is 0.902. The third-order valence-electron chi connectivity index (χ3n) is 2.97. The molecular weight excluding hydrogens is 268 g/mol. The third kappa shape index (κ3) is 2.33. The summed E-state index contributed by atoms with van der Waals surface area (Å²) in [6.07, 6.45) is 0. The van der Waals surface area contributed by atoms with Gasteiger partial charge in [-0.25, -0.2) is 0 Å². The van der Waals surface area contributed by atoms with E-state index in [-0.39, 0.29) is 0 Å². The van der Waals surface area contributed by atoms with Gasteiger partial charge in [0.25, 0.3) is 0 Å². The molecule has 0 saturated carbocycles. The molecule has 0 spiro atoms. The number of nitrogens with one attached hydrogen (secondary N) is 1. The van der Waals surface area contributed by atoms with Crippen molar-refractivity contribution < 1.29 is 4.74 Å². The molecule has 0 amide bonds. The second-order valence-corrected chi connectivity index (χ2v) is 4.92. The Labute approximate surface area is 105 Å². The molecule has 1 aliphatic heterocycles. The molecule has 4 heteroatoms. The van der Waals surface area contributed by atoms with E-state index in [2.05, 4.69) is 45.2 Å². The molecule has 2 rings (SSSR count). The van der Waals surface area contributed by atoms with Crippen LogP contribution in [0, 0.1) is 0 Å². The summed E-state index contributed by atoms with van der Waals surface area (Å²) < 4.78 is 6.25. The lowest BCUT2D eigenvalue weighted by molar-refractivity contribution is 0.412. The number of nitrogens with zero attached hydrogens (tertiary/aromatic N) is 1. The van der Waals surface area contributed by atoms with Gasteiger partial charge >= 0.3 is 0 Å². The first-order valence-corrected chi connectivity index (χ1v) is 6.32. The maximum atomic E-state index is 5.24. The smallest absolute Gasteiger partial charge is 0.133 e. The van der Waals surface area contributed by atoms with Gasteiger partial charge in [-0.15, -0.1) is 0 Å². The highest BCUT2D eigenvalue weighted by Crippen LogP contribution is 2.30. The van der Waals surface area contributed by atoms with Gasteiger partial charge in [0.05, 0.1) is 11.6 Å². The minimum atomic E-state index is 0.536. The first-order chi connectivity index (χ1) is 7.72. The van der Waals surface area contributed by atoms with Gasteiger partial charge in [-0.2, -0.15) is 0 Å². The van der Waals surface area contributed by atoms with E-state index in [9.17, 15) is 0 Å². The number of hydrogen-bond acceptors (Lipinski definition) is 3. The summed E-state index contributed by atoms with van der Waals surface area (Å²) in [6.45, 7) is 5.39. The molecule has 1 saturated heterocycles. The van der Waals surface area contributed by atoms with Gasteiger partial charge < -0.3 is 15.0 Å². The first-order valence-electron chi connectivity index (χ1n) is 5.53. The topological polar surface area (TPSA) is 24.5 Å². The molecule has 88 valence electrons. The van der Waals surface area contributed by atoms with Gasteiger partial charge in [0.15, 0.2) is 0 Å². The molecule has 0 aromatic heterocycles. The summed E-state index contributed by atoms with van der Waals surface area (Å²) in [5, 5.41) is 3.39. The van der Waals surface area contributed by atoms with Crippen LogP contribution in [-0.2, 0) is 0 Å². The SMILES string of the molecule is COc1ccc(N2CCNCC2C)cc1Br. The predicted octanol–water partition coefficient (Wildman–Crippen LogP) is 2.26. The number of benzene rings is 1. The molecule has 0 bridgehead atoms. The summed E-state index contributed by atoms with van der Waals surface area (Å²) in [4.78, 5) is 2.42. The lowest BCUT2D eigenvalue weighted by atomic mass is 10.2. The van der Waals surface area contributed by atoms with Crippen molar-refractivity contribution in [3.8, 4) is 5.75 Å². The monoisotopic (exact) mass is 284 g/mol. The Hall–Kier alpha value is -0.740. The van der Waals surface area contributed by atoms with E-state index in [4.69, 9.17) is 4.74 Å². The standard InChI is InChI=1S/C12H17BrN2O/c1-9-8-14-5-6-15(9)10-3-4-12(16-2)11(13)7-10/h3-4,7,9,14H,5-6,8H2,1-2H3. The highest BCUT2D eigenvalue weighted by atomic mass is 79.9. The molecule has 3 nitrogen and oxygen atoms in total. The molecule has 1 heterocycles. The Kier molecular flexibility index (Phi) is 3.71. The Bertz CT molecular complexity index is 370. The summed E-state index contributed by atoms with van der Waals surface area (Å²) >= 11 is 3.53. The Morgan fingerprint density at radius 2 is 2.31 bits per heavy atom.